The molecule has 13 heteroatoms. The summed E-state index contributed by atoms with van der Waals surface area (Å²) in [6.07, 6.45) is -1.17. The molecule has 2 aromatic rings. The van der Waals surface area contributed by atoms with E-state index in [0.717, 1.165) is 4.31 Å². The van der Waals surface area contributed by atoms with E-state index in [1.165, 1.54) is 13.1 Å². The summed E-state index contributed by atoms with van der Waals surface area (Å²) >= 11 is 0. The number of amides is 2. The highest BCUT2D eigenvalue weighted by Crippen LogP contribution is 2.23. The fourth-order valence-corrected chi connectivity index (χ4v) is 6.70. The number of esters is 1. The molecule has 2 aromatic carbocycles. The monoisotopic (exact) mass is 686 g/mol. The van der Waals surface area contributed by atoms with Crippen molar-refractivity contribution in [3.05, 3.63) is 65.7 Å². The van der Waals surface area contributed by atoms with E-state index in [0.29, 0.717) is 23.4 Å². The van der Waals surface area contributed by atoms with Crippen LogP contribution in [0.5, 0.6) is 0 Å². The first-order valence-corrected chi connectivity index (χ1v) is 18.0. The zero-order valence-corrected chi connectivity index (χ0v) is 29.7. The number of aliphatic hydroxyl groups excluding tert-OH is 1. The highest BCUT2D eigenvalue weighted by molar-refractivity contribution is 7.92. The molecule has 0 fully saturated rings. The number of anilines is 1. The summed E-state index contributed by atoms with van der Waals surface area (Å²) in [7, 11) is -2.28. The molecule has 0 saturated carbocycles. The van der Waals surface area contributed by atoms with Gasteiger partial charge in [-0.3, -0.25) is 13.9 Å². The van der Waals surface area contributed by atoms with Gasteiger partial charge in [-0.25, -0.2) is 13.2 Å². The van der Waals surface area contributed by atoms with Crippen LogP contribution in [0.4, 0.5) is 5.69 Å². The van der Waals surface area contributed by atoms with Crippen LogP contribution in [0.15, 0.2) is 59.8 Å². The van der Waals surface area contributed by atoms with Crippen molar-refractivity contribution in [2.75, 3.05) is 18.0 Å². The number of carbonyl (C=O) groups excluding carboxylic acids is 3. The molecule has 264 valence electrons. The van der Waals surface area contributed by atoms with Crippen molar-refractivity contribution in [3.8, 4) is 0 Å². The van der Waals surface area contributed by atoms with Crippen molar-refractivity contribution in [3.63, 3.8) is 0 Å². The first-order valence-electron chi connectivity index (χ1n) is 16.4. The molecule has 0 spiro atoms. The largest absolute Gasteiger partial charge is 0.463 e. The summed E-state index contributed by atoms with van der Waals surface area (Å²) in [6.45, 7) is 11.4. The Balaban J connectivity index is 1.66. The molecule has 5 atom stereocenters. The Morgan fingerprint density at radius 1 is 1.02 bits per heavy atom. The quantitative estimate of drug-likeness (QED) is 0.210. The SMILES string of the molecule is CCOC(=O)C1CC([C@@H](NC(=O)[C@H](C)C[C@H](O)[C@H](CC(C)C)NC(=O)c2cccc(N(C)S(=O)(=O)Cc3ccccc3)c2)C(C)C)=NO1. The Bertz CT molecular complexity index is 1530. The second-order valence-electron chi connectivity index (χ2n) is 13.0. The summed E-state index contributed by atoms with van der Waals surface area (Å²) in [5.41, 5.74) is 1.75. The van der Waals surface area contributed by atoms with Gasteiger partial charge in [-0.05, 0) is 55.4 Å². The van der Waals surface area contributed by atoms with Crippen molar-refractivity contribution >= 4 is 39.2 Å². The van der Waals surface area contributed by atoms with E-state index in [4.69, 9.17) is 9.57 Å². The van der Waals surface area contributed by atoms with Crippen LogP contribution in [0.2, 0.25) is 0 Å². The first kappa shape index (κ1) is 38.5. The van der Waals surface area contributed by atoms with Crippen LogP contribution < -0.4 is 14.9 Å². The molecule has 48 heavy (non-hydrogen) atoms. The lowest BCUT2D eigenvalue weighted by Crippen LogP contribution is -2.48. The molecular weight excluding hydrogens is 636 g/mol. The lowest BCUT2D eigenvalue weighted by molar-refractivity contribution is -0.154. The van der Waals surface area contributed by atoms with E-state index < -0.39 is 52.1 Å². The molecule has 3 rings (SSSR count). The Labute approximate surface area is 284 Å². The van der Waals surface area contributed by atoms with Crippen LogP contribution in [0.25, 0.3) is 0 Å². The number of nitrogens with zero attached hydrogens (tertiary/aromatic N) is 2. The molecule has 3 N–H and O–H groups in total. The zero-order valence-electron chi connectivity index (χ0n) is 28.9. The van der Waals surface area contributed by atoms with Gasteiger partial charge in [-0.15, -0.1) is 0 Å². The molecule has 1 aliphatic rings. The number of nitrogens with one attached hydrogen (secondary N) is 2. The van der Waals surface area contributed by atoms with Gasteiger partial charge in [0.2, 0.25) is 22.0 Å². The van der Waals surface area contributed by atoms with E-state index in [2.05, 4.69) is 15.8 Å². The molecule has 12 nitrogen and oxygen atoms in total. The highest BCUT2D eigenvalue weighted by Gasteiger charge is 2.36. The van der Waals surface area contributed by atoms with Gasteiger partial charge < -0.3 is 25.3 Å². The van der Waals surface area contributed by atoms with E-state index in [9.17, 15) is 27.9 Å². The molecule has 1 heterocycles. The van der Waals surface area contributed by atoms with Gasteiger partial charge in [-0.2, -0.15) is 0 Å². The molecule has 0 aromatic heterocycles. The van der Waals surface area contributed by atoms with Crippen molar-refractivity contribution < 1.29 is 37.5 Å². The van der Waals surface area contributed by atoms with Crippen molar-refractivity contribution in [1.82, 2.24) is 10.6 Å². The molecule has 0 saturated heterocycles. The smallest absolute Gasteiger partial charge is 0.350 e. The van der Waals surface area contributed by atoms with Gasteiger partial charge >= 0.3 is 5.97 Å². The summed E-state index contributed by atoms with van der Waals surface area (Å²) in [5.74, 6) is -2.03. The fourth-order valence-electron chi connectivity index (χ4n) is 5.46. The average molecular weight is 687 g/mol. The van der Waals surface area contributed by atoms with Crippen molar-refractivity contribution in [2.24, 2.45) is 22.9 Å². The summed E-state index contributed by atoms with van der Waals surface area (Å²) in [6, 6.07) is 14.0. The predicted molar refractivity (Wildman–Crippen MR) is 185 cm³/mol. The minimum Gasteiger partial charge on any atom is -0.463 e. The number of hydrogen-bond acceptors (Lipinski definition) is 9. The molecule has 0 bridgehead atoms. The van der Waals surface area contributed by atoms with Crippen LogP contribution in [0, 0.1) is 17.8 Å². The number of rotatable bonds is 17. The third-order valence-corrected chi connectivity index (χ3v) is 9.94. The summed E-state index contributed by atoms with van der Waals surface area (Å²) < 4.78 is 32.4. The lowest BCUT2D eigenvalue weighted by atomic mass is 9.91. The van der Waals surface area contributed by atoms with Crippen molar-refractivity contribution in [1.29, 1.82) is 0 Å². The number of ether oxygens (including phenoxy) is 1. The standard InChI is InChI=1S/C35H50N4O8S/c1-8-46-35(43)31-20-29(38-47-31)32(23(4)5)37-33(41)24(6)18-30(40)28(17-22(2)3)36-34(42)26-15-12-16-27(19-26)39(7)48(44,45)21-25-13-10-9-11-14-25/h9-16,19,22-24,28,30-32,40H,8,17-18,20-21H2,1-7H3,(H,36,42)(H,37,41)/t24-,28+,30+,31?,32+/m1/s1. The number of aliphatic hydroxyl groups is 1. The lowest BCUT2D eigenvalue weighted by Gasteiger charge is -2.29. The van der Waals surface area contributed by atoms with E-state index in [-0.39, 0.29) is 48.5 Å². The van der Waals surface area contributed by atoms with Gasteiger partial charge in [0.25, 0.3) is 5.91 Å². The van der Waals surface area contributed by atoms with Gasteiger partial charge in [-0.1, -0.05) is 76.2 Å². The predicted octanol–water partition coefficient (Wildman–Crippen LogP) is 4.03. The minimum absolute atomic E-state index is 0.0505. The van der Waals surface area contributed by atoms with E-state index >= 15 is 0 Å². The van der Waals surface area contributed by atoms with Gasteiger partial charge in [0.1, 0.15) is 0 Å². The summed E-state index contributed by atoms with van der Waals surface area (Å²) in [4.78, 5) is 44.1. The number of hydrogen-bond donors (Lipinski definition) is 3. The maximum Gasteiger partial charge on any atom is 0.350 e. The number of sulfonamides is 1. The Hall–Kier alpha value is -3.97. The first-order chi connectivity index (χ1) is 22.6. The molecule has 1 aliphatic heterocycles. The van der Waals surface area contributed by atoms with E-state index in [1.54, 1.807) is 56.3 Å². The van der Waals surface area contributed by atoms with Crippen LogP contribution in [-0.2, 0) is 34.9 Å². The third kappa shape index (κ3) is 10.8. The minimum atomic E-state index is -3.72. The average Bonchev–Trinajstić information content (AvgIpc) is 3.53. The number of carbonyl (C=O) groups is 3. The summed E-state index contributed by atoms with van der Waals surface area (Å²) in [5, 5.41) is 21.2. The van der Waals surface area contributed by atoms with Crippen LogP contribution in [-0.4, -0.2) is 75.0 Å². The second-order valence-corrected chi connectivity index (χ2v) is 15.0. The normalized spacial score (nSPS) is 17.1. The Morgan fingerprint density at radius 2 is 1.71 bits per heavy atom. The van der Waals surface area contributed by atoms with Crippen LogP contribution >= 0.6 is 0 Å². The highest BCUT2D eigenvalue weighted by atomic mass is 32.2. The number of benzene rings is 2. The van der Waals surface area contributed by atoms with Gasteiger partial charge in [0.15, 0.2) is 0 Å². The van der Waals surface area contributed by atoms with Gasteiger partial charge in [0.05, 0.1) is 41.9 Å². The molecular formula is C35H50N4O8S. The number of oxime groups is 1. The fraction of sp³-hybridized carbons (Fsp3) is 0.543. The molecule has 0 radical (unpaired) electrons. The molecule has 1 unspecified atom stereocenters. The van der Waals surface area contributed by atoms with E-state index in [1.807, 2.05) is 33.8 Å². The Morgan fingerprint density at radius 3 is 2.33 bits per heavy atom. The molecule has 0 aliphatic carbocycles. The van der Waals surface area contributed by atoms with Crippen LogP contribution in [0.1, 0.15) is 76.7 Å². The topological polar surface area (TPSA) is 164 Å². The van der Waals surface area contributed by atoms with Crippen molar-refractivity contribution in [2.45, 2.75) is 90.8 Å². The second kappa shape index (κ2) is 17.4. The maximum atomic E-state index is 13.4. The van der Waals surface area contributed by atoms with Gasteiger partial charge in [0, 0.05) is 24.9 Å². The van der Waals surface area contributed by atoms with Crippen LogP contribution in [0.3, 0.4) is 0 Å². The zero-order chi connectivity index (χ0) is 35.6. The Kier molecular flexibility index (Phi) is 14.0. The maximum absolute atomic E-state index is 13.4. The third-order valence-electron chi connectivity index (χ3n) is 8.19. The molecule has 2 amide bonds.